The van der Waals surface area contributed by atoms with Gasteiger partial charge in [0.15, 0.2) is 0 Å². The largest absolute Gasteiger partial charge is 0.490 e. The molecule has 3 rings (SSSR count). The third kappa shape index (κ3) is 2.90. The molecule has 0 unspecified atom stereocenters. The number of allylic oxidation sites excluding steroid dienone is 1. The lowest BCUT2D eigenvalue weighted by Gasteiger charge is -2.27. The molecule has 0 amide bonds. The van der Waals surface area contributed by atoms with Crippen molar-refractivity contribution in [1.29, 1.82) is 0 Å². The number of rotatable bonds is 4. The molecule has 0 saturated heterocycles. The molecule has 1 saturated carbocycles. The summed E-state index contributed by atoms with van der Waals surface area (Å²) in [4.78, 5) is 24.3. The molecule has 0 bridgehead atoms. The molecule has 1 fully saturated rings. The van der Waals surface area contributed by atoms with E-state index in [-0.39, 0.29) is 6.10 Å². The first-order chi connectivity index (χ1) is 10.7. The van der Waals surface area contributed by atoms with Gasteiger partial charge in [-0.3, -0.25) is 9.59 Å². The summed E-state index contributed by atoms with van der Waals surface area (Å²) in [5.41, 5.74) is 1.81. The van der Waals surface area contributed by atoms with Crippen LogP contribution in [0.3, 0.4) is 0 Å². The first kappa shape index (κ1) is 15.2. The van der Waals surface area contributed by atoms with Gasteiger partial charge in [-0.15, -0.1) is 0 Å². The van der Waals surface area contributed by atoms with Crippen molar-refractivity contribution >= 4 is 35.0 Å². The van der Waals surface area contributed by atoms with Gasteiger partial charge in [0.25, 0.3) is 0 Å². The minimum absolute atomic E-state index is 0.144. The van der Waals surface area contributed by atoms with Crippen LogP contribution in [-0.4, -0.2) is 23.9 Å². The molecule has 0 atom stereocenters. The molecule has 0 radical (unpaired) electrons. The Labute approximate surface area is 134 Å². The molecule has 0 aliphatic heterocycles. The molecule has 1 aromatic carbocycles. The summed E-state index contributed by atoms with van der Waals surface area (Å²) in [7, 11) is 0. The standard InChI is InChI=1S/C17H19NO3S/c1-22-18-13-9-5-8-12-15(10-14(19)17(20)16(12)13)21-11-6-3-2-4-7-11/h5,8-11,18H,2-4,6-7H2,1H3. The van der Waals surface area contributed by atoms with Crippen LogP contribution in [0.5, 0.6) is 0 Å². The topological polar surface area (TPSA) is 55.4 Å². The third-order valence-electron chi connectivity index (χ3n) is 4.10. The number of fused-ring (bicyclic) bond motifs is 1. The fourth-order valence-electron chi connectivity index (χ4n) is 3.04. The van der Waals surface area contributed by atoms with Gasteiger partial charge < -0.3 is 9.46 Å². The Bertz CT molecular complexity index is 633. The van der Waals surface area contributed by atoms with Crippen LogP contribution in [0, 0.1) is 0 Å². The fraction of sp³-hybridized carbons (Fsp3) is 0.412. The van der Waals surface area contributed by atoms with Crippen LogP contribution < -0.4 is 4.72 Å². The van der Waals surface area contributed by atoms with Crippen LogP contribution in [0.2, 0.25) is 0 Å². The van der Waals surface area contributed by atoms with Gasteiger partial charge in [-0.2, -0.15) is 0 Å². The van der Waals surface area contributed by atoms with E-state index >= 15 is 0 Å². The minimum atomic E-state index is -0.506. The number of hydrogen-bond acceptors (Lipinski definition) is 5. The second kappa shape index (κ2) is 6.57. The summed E-state index contributed by atoms with van der Waals surface area (Å²) in [5.74, 6) is -0.437. The Morgan fingerprint density at radius 2 is 1.95 bits per heavy atom. The monoisotopic (exact) mass is 317 g/mol. The number of hydrogen-bond donors (Lipinski definition) is 1. The molecule has 1 aromatic rings. The predicted molar refractivity (Wildman–Crippen MR) is 88.9 cm³/mol. The Hall–Kier alpha value is -1.75. The predicted octanol–water partition coefficient (Wildman–Crippen LogP) is 3.83. The molecule has 0 spiro atoms. The highest BCUT2D eigenvalue weighted by Crippen LogP contribution is 2.34. The Morgan fingerprint density at radius 1 is 1.18 bits per heavy atom. The second-order valence-corrected chi connectivity index (χ2v) is 6.23. The van der Waals surface area contributed by atoms with E-state index in [1.165, 1.54) is 24.4 Å². The van der Waals surface area contributed by atoms with Crippen molar-refractivity contribution in [1.82, 2.24) is 0 Å². The van der Waals surface area contributed by atoms with Gasteiger partial charge in [-0.1, -0.05) is 30.5 Å². The zero-order chi connectivity index (χ0) is 15.5. The second-order valence-electron chi connectivity index (χ2n) is 5.61. The molecule has 0 heterocycles. The number of ether oxygens (including phenoxy) is 1. The van der Waals surface area contributed by atoms with Gasteiger partial charge in [0, 0.05) is 17.9 Å². The van der Waals surface area contributed by atoms with Crippen LogP contribution >= 0.6 is 11.9 Å². The maximum absolute atomic E-state index is 12.3. The van der Waals surface area contributed by atoms with Gasteiger partial charge >= 0.3 is 0 Å². The van der Waals surface area contributed by atoms with Gasteiger partial charge in [0.05, 0.1) is 17.4 Å². The molecule has 2 aliphatic carbocycles. The molecule has 0 aromatic heterocycles. The van der Waals surface area contributed by atoms with E-state index in [9.17, 15) is 9.59 Å². The van der Waals surface area contributed by atoms with E-state index < -0.39 is 11.6 Å². The normalized spacial score (nSPS) is 18.7. The van der Waals surface area contributed by atoms with Gasteiger partial charge in [-0.05, 0) is 31.7 Å². The van der Waals surface area contributed by atoms with Crippen LogP contribution in [0.1, 0.15) is 48.0 Å². The van der Waals surface area contributed by atoms with E-state index in [0.717, 1.165) is 25.7 Å². The van der Waals surface area contributed by atoms with Crippen molar-refractivity contribution in [2.45, 2.75) is 38.2 Å². The first-order valence-corrected chi connectivity index (χ1v) is 8.82. The van der Waals surface area contributed by atoms with Crippen molar-refractivity contribution in [3.63, 3.8) is 0 Å². The van der Waals surface area contributed by atoms with Gasteiger partial charge in [0.1, 0.15) is 5.76 Å². The maximum atomic E-state index is 12.3. The van der Waals surface area contributed by atoms with Crippen molar-refractivity contribution in [3.05, 3.63) is 35.4 Å². The summed E-state index contributed by atoms with van der Waals surface area (Å²) in [6.45, 7) is 0. The highest BCUT2D eigenvalue weighted by molar-refractivity contribution is 7.99. The van der Waals surface area contributed by atoms with E-state index in [1.54, 1.807) is 0 Å². The summed E-state index contributed by atoms with van der Waals surface area (Å²) in [6, 6.07) is 5.53. The number of Topliss-reactive ketones (excluding diaryl/α,β-unsaturated/α-hetero) is 1. The van der Waals surface area contributed by atoms with Crippen molar-refractivity contribution < 1.29 is 14.3 Å². The fourth-order valence-corrected chi connectivity index (χ4v) is 3.43. The maximum Gasteiger partial charge on any atom is 0.235 e. The average Bonchev–Trinajstić information content (AvgIpc) is 2.53. The lowest BCUT2D eigenvalue weighted by molar-refractivity contribution is -0.111. The zero-order valence-electron chi connectivity index (χ0n) is 12.6. The number of ketones is 2. The number of nitrogens with one attached hydrogen (secondary N) is 1. The summed E-state index contributed by atoms with van der Waals surface area (Å²) in [5, 5.41) is 0. The molecular formula is C17H19NO3S. The summed E-state index contributed by atoms with van der Waals surface area (Å²) < 4.78 is 9.14. The lowest BCUT2D eigenvalue weighted by atomic mass is 9.91. The van der Waals surface area contributed by atoms with Gasteiger partial charge in [-0.25, -0.2) is 0 Å². The summed E-state index contributed by atoms with van der Waals surface area (Å²) >= 11 is 1.39. The van der Waals surface area contributed by atoms with E-state index in [2.05, 4.69) is 4.72 Å². The van der Waals surface area contributed by atoms with Crippen molar-refractivity contribution in [3.8, 4) is 0 Å². The van der Waals surface area contributed by atoms with Crippen molar-refractivity contribution in [2.75, 3.05) is 11.0 Å². The lowest BCUT2D eigenvalue weighted by Crippen LogP contribution is -2.23. The Balaban J connectivity index is 1.95. The first-order valence-electron chi connectivity index (χ1n) is 7.60. The number of anilines is 1. The van der Waals surface area contributed by atoms with Crippen LogP contribution in [0.25, 0.3) is 5.76 Å². The van der Waals surface area contributed by atoms with E-state index in [0.29, 0.717) is 22.6 Å². The van der Waals surface area contributed by atoms with E-state index in [4.69, 9.17) is 4.74 Å². The minimum Gasteiger partial charge on any atom is -0.490 e. The zero-order valence-corrected chi connectivity index (χ0v) is 13.4. The Kier molecular flexibility index (Phi) is 4.52. The smallest absolute Gasteiger partial charge is 0.235 e. The van der Waals surface area contributed by atoms with Crippen LogP contribution in [0.15, 0.2) is 24.3 Å². The molecule has 4 nitrogen and oxygen atoms in total. The highest BCUT2D eigenvalue weighted by Gasteiger charge is 2.30. The molecule has 1 N–H and O–H groups in total. The summed E-state index contributed by atoms with van der Waals surface area (Å²) in [6.07, 6.45) is 8.96. The Morgan fingerprint density at radius 3 is 2.68 bits per heavy atom. The van der Waals surface area contributed by atoms with Gasteiger partial charge in [0.2, 0.25) is 11.6 Å². The molecule has 2 aliphatic rings. The molecule has 5 heteroatoms. The quantitative estimate of drug-likeness (QED) is 0.675. The highest BCUT2D eigenvalue weighted by atomic mass is 32.2. The number of carbonyl (C=O) groups excluding carboxylic acids is 2. The average molecular weight is 317 g/mol. The van der Waals surface area contributed by atoms with Crippen molar-refractivity contribution in [2.24, 2.45) is 0 Å². The molecule has 22 heavy (non-hydrogen) atoms. The van der Waals surface area contributed by atoms with Crippen LogP contribution in [-0.2, 0) is 9.53 Å². The number of benzene rings is 1. The number of carbonyl (C=O) groups is 2. The van der Waals surface area contributed by atoms with Crippen LogP contribution in [0.4, 0.5) is 5.69 Å². The third-order valence-corrected chi connectivity index (χ3v) is 4.52. The SMILES string of the molecule is CSNc1cccc2c1C(=O)C(=O)C=C2OC1CCCCC1. The molecule has 116 valence electrons. The van der Waals surface area contributed by atoms with E-state index in [1.807, 2.05) is 24.5 Å². The molecular weight excluding hydrogens is 298 g/mol.